The summed E-state index contributed by atoms with van der Waals surface area (Å²) in [7, 11) is 0. The molecule has 0 radical (unpaired) electrons. The van der Waals surface area contributed by atoms with Gasteiger partial charge in [0.25, 0.3) is 0 Å². The van der Waals surface area contributed by atoms with Crippen molar-refractivity contribution in [2.45, 2.75) is 59.5 Å². The van der Waals surface area contributed by atoms with Crippen molar-refractivity contribution in [2.75, 3.05) is 0 Å². The maximum Gasteiger partial charge on any atom is 0.316 e. The van der Waals surface area contributed by atoms with Crippen LogP contribution >= 0.6 is 0 Å². The summed E-state index contributed by atoms with van der Waals surface area (Å²) < 4.78 is 5.28. The van der Waals surface area contributed by atoms with Crippen LogP contribution in [0.3, 0.4) is 0 Å². The minimum Gasteiger partial charge on any atom is -0.505 e. The predicted octanol–water partition coefficient (Wildman–Crippen LogP) is 3.91. The Morgan fingerprint density at radius 3 is 1.73 bits per heavy atom. The minimum absolute atomic E-state index is 0.000591. The van der Waals surface area contributed by atoms with Crippen LogP contribution in [0, 0.1) is 5.92 Å². The lowest BCUT2D eigenvalue weighted by Crippen LogP contribution is -2.14. The molecule has 0 rings (SSSR count). The molecule has 0 saturated carbocycles. The third kappa shape index (κ3) is 4.45. The van der Waals surface area contributed by atoms with Gasteiger partial charge in [0.15, 0.2) is 5.76 Å². The fourth-order valence-corrected chi connectivity index (χ4v) is 1.52. The van der Waals surface area contributed by atoms with Crippen molar-refractivity contribution in [1.29, 1.82) is 0 Å². The topological polar surface area (TPSA) is 49.7 Å². The Kier molecular flexibility index (Phi) is 7.01. The van der Waals surface area contributed by atoms with E-state index >= 15 is 0 Å². The number of aliphatic hydroxyl groups excluding tert-OH is 2. The largest absolute Gasteiger partial charge is 0.505 e. The molecular formula is C12H24O3. The Labute approximate surface area is 92.8 Å². The highest BCUT2D eigenvalue weighted by Crippen LogP contribution is 2.20. The molecule has 0 aliphatic rings. The van der Waals surface area contributed by atoms with Gasteiger partial charge in [-0.3, -0.25) is 0 Å². The molecule has 0 fully saturated rings. The lowest BCUT2D eigenvalue weighted by atomic mass is 10.0. The van der Waals surface area contributed by atoms with E-state index < -0.39 is 0 Å². The summed E-state index contributed by atoms with van der Waals surface area (Å²) in [4.78, 5) is 0. The monoisotopic (exact) mass is 216 g/mol. The fourth-order valence-electron chi connectivity index (χ4n) is 1.52. The number of hydrogen-bond donors (Lipinski definition) is 2. The highest BCUT2D eigenvalue weighted by atomic mass is 16.6. The Morgan fingerprint density at radius 1 is 0.933 bits per heavy atom. The molecule has 0 saturated heterocycles. The molecule has 0 aromatic heterocycles. The Bertz CT molecular complexity index is 191. The highest BCUT2D eigenvalue weighted by molar-refractivity contribution is 4.97. The van der Waals surface area contributed by atoms with Crippen molar-refractivity contribution in [2.24, 2.45) is 5.92 Å². The Hall–Kier alpha value is -0.860. The summed E-state index contributed by atoms with van der Waals surface area (Å²) in [5, 5.41) is 19.3. The first-order chi connectivity index (χ1) is 7.10. The van der Waals surface area contributed by atoms with Crippen molar-refractivity contribution in [1.82, 2.24) is 0 Å². The number of aliphatic hydroxyl groups is 2. The van der Waals surface area contributed by atoms with Gasteiger partial charge in [-0.05, 0) is 25.7 Å². The molecule has 0 bridgehead atoms. The van der Waals surface area contributed by atoms with Gasteiger partial charge in [-0.1, -0.05) is 27.7 Å². The van der Waals surface area contributed by atoms with Gasteiger partial charge < -0.3 is 14.9 Å². The number of ether oxygens (including phenoxy) is 1. The molecule has 15 heavy (non-hydrogen) atoms. The molecular weight excluding hydrogens is 192 g/mol. The van der Waals surface area contributed by atoms with Crippen molar-refractivity contribution in [3.8, 4) is 0 Å². The van der Waals surface area contributed by atoms with Gasteiger partial charge in [0.1, 0.15) is 6.10 Å². The Balaban J connectivity index is 4.47. The van der Waals surface area contributed by atoms with E-state index in [9.17, 15) is 10.2 Å². The summed E-state index contributed by atoms with van der Waals surface area (Å²) >= 11 is 0. The lowest BCUT2D eigenvalue weighted by molar-refractivity contribution is 0.0102. The van der Waals surface area contributed by atoms with Gasteiger partial charge in [-0.2, -0.15) is 0 Å². The van der Waals surface area contributed by atoms with Crippen LogP contribution in [0.4, 0.5) is 0 Å². The number of allylic oxidation sites excluding steroid dienone is 1. The standard InChI is InChI=1S/C12H24O3/c1-5-9(6-2)11(13)12(14)15-10(7-3)8-4/h9-10,13-14H,5-8H2,1-4H3/b12-11-. The number of rotatable bonds is 7. The van der Waals surface area contributed by atoms with E-state index in [2.05, 4.69) is 0 Å². The van der Waals surface area contributed by atoms with E-state index in [1.807, 2.05) is 27.7 Å². The van der Waals surface area contributed by atoms with Gasteiger partial charge >= 0.3 is 5.95 Å². The van der Waals surface area contributed by atoms with Crippen molar-refractivity contribution >= 4 is 0 Å². The highest BCUT2D eigenvalue weighted by Gasteiger charge is 2.17. The lowest BCUT2D eigenvalue weighted by Gasteiger charge is -2.18. The molecule has 0 aromatic rings. The van der Waals surface area contributed by atoms with Crippen LogP contribution in [0.2, 0.25) is 0 Å². The average molecular weight is 216 g/mol. The van der Waals surface area contributed by atoms with Gasteiger partial charge in [-0.15, -0.1) is 0 Å². The molecule has 90 valence electrons. The van der Waals surface area contributed by atoms with Crippen LogP contribution in [-0.4, -0.2) is 16.3 Å². The van der Waals surface area contributed by atoms with E-state index in [4.69, 9.17) is 4.74 Å². The third-order valence-electron chi connectivity index (χ3n) is 2.78. The third-order valence-corrected chi connectivity index (χ3v) is 2.78. The summed E-state index contributed by atoms with van der Waals surface area (Å²) in [6.07, 6.45) is 3.26. The van der Waals surface area contributed by atoms with Crippen LogP contribution in [-0.2, 0) is 4.74 Å². The molecule has 0 aliphatic carbocycles. The van der Waals surface area contributed by atoms with E-state index in [0.29, 0.717) is 0 Å². The fraction of sp³-hybridized carbons (Fsp3) is 0.833. The molecule has 0 unspecified atom stereocenters. The van der Waals surface area contributed by atoms with Crippen molar-refractivity contribution < 1.29 is 14.9 Å². The van der Waals surface area contributed by atoms with Crippen LogP contribution in [0.25, 0.3) is 0 Å². The molecule has 0 amide bonds. The van der Waals surface area contributed by atoms with Gasteiger partial charge in [0, 0.05) is 5.92 Å². The maximum atomic E-state index is 9.72. The smallest absolute Gasteiger partial charge is 0.316 e. The molecule has 3 heteroatoms. The molecule has 0 atom stereocenters. The first-order valence-corrected chi connectivity index (χ1v) is 5.89. The maximum absolute atomic E-state index is 9.72. The summed E-state index contributed by atoms with van der Waals surface area (Å²) in [5.41, 5.74) is 0. The van der Waals surface area contributed by atoms with E-state index in [0.717, 1.165) is 25.7 Å². The van der Waals surface area contributed by atoms with Crippen LogP contribution in [0.5, 0.6) is 0 Å². The summed E-state index contributed by atoms with van der Waals surface area (Å²) in [5.74, 6) is -0.302. The predicted molar refractivity (Wildman–Crippen MR) is 61.8 cm³/mol. The molecule has 0 aromatic carbocycles. The zero-order valence-corrected chi connectivity index (χ0v) is 10.3. The first-order valence-electron chi connectivity index (χ1n) is 5.89. The molecule has 3 nitrogen and oxygen atoms in total. The average Bonchev–Trinajstić information content (AvgIpc) is 2.26. The van der Waals surface area contributed by atoms with E-state index in [1.54, 1.807) is 0 Å². The quantitative estimate of drug-likeness (QED) is 0.634. The van der Waals surface area contributed by atoms with Gasteiger partial charge in [0.05, 0.1) is 0 Å². The van der Waals surface area contributed by atoms with E-state index in [-0.39, 0.29) is 23.7 Å². The second-order valence-electron chi connectivity index (χ2n) is 3.76. The van der Waals surface area contributed by atoms with Crippen molar-refractivity contribution in [3.63, 3.8) is 0 Å². The van der Waals surface area contributed by atoms with Crippen molar-refractivity contribution in [3.05, 3.63) is 11.7 Å². The van der Waals surface area contributed by atoms with Crippen LogP contribution < -0.4 is 0 Å². The summed E-state index contributed by atoms with van der Waals surface area (Å²) in [6.45, 7) is 7.95. The van der Waals surface area contributed by atoms with Crippen LogP contribution in [0.1, 0.15) is 53.4 Å². The second kappa shape index (κ2) is 7.43. The molecule has 0 aliphatic heterocycles. The molecule has 0 heterocycles. The van der Waals surface area contributed by atoms with E-state index in [1.165, 1.54) is 0 Å². The first kappa shape index (κ1) is 14.1. The van der Waals surface area contributed by atoms with Gasteiger partial charge in [-0.25, -0.2) is 0 Å². The minimum atomic E-state index is -0.294. The molecule has 2 N–H and O–H groups in total. The molecule has 0 spiro atoms. The zero-order chi connectivity index (χ0) is 11.8. The summed E-state index contributed by atoms with van der Waals surface area (Å²) in [6, 6.07) is 0. The van der Waals surface area contributed by atoms with Gasteiger partial charge in [0.2, 0.25) is 0 Å². The zero-order valence-electron chi connectivity index (χ0n) is 10.3. The van der Waals surface area contributed by atoms with Crippen LogP contribution in [0.15, 0.2) is 11.7 Å². The second-order valence-corrected chi connectivity index (χ2v) is 3.76. The SMILES string of the molecule is CCC(CC)O/C(O)=C(\O)C(CC)CC. The normalized spacial score (nSPS) is 13.2. The number of hydrogen-bond acceptors (Lipinski definition) is 3. The Morgan fingerprint density at radius 2 is 1.40 bits per heavy atom.